The van der Waals surface area contributed by atoms with Crippen LogP contribution in [-0.2, 0) is 4.79 Å². The minimum Gasteiger partial charge on any atom is -0.361 e. The Bertz CT molecular complexity index is 920. The lowest BCUT2D eigenvalue weighted by molar-refractivity contribution is -0.125. The summed E-state index contributed by atoms with van der Waals surface area (Å²) in [4.78, 5) is 15.6. The summed E-state index contributed by atoms with van der Waals surface area (Å²) in [6.07, 6.45) is 2.41. The second kappa shape index (κ2) is 5.72. The van der Waals surface area contributed by atoms with Crippen LogP contribution < -0.4 is 16.2 Å². The molecule has 0 saturated carbocycles. The number of hydrogen-bond acceptors (Lipinski definition) is 3. The molecule has 2 aliphatic rings. The normalized spacial score (nSPS) is 28.7. The molecule has 5 heteroatoms. The minimum absolute atomic E-state index is 0.0642. The molecule has 25 heavy (non-hydrogen) atoms. The van der Waals surface area contributed by atoms with Gasteiger partial charge in [-0.2, -0.15) is 0 Å². The SMILES string of the molecule is O=C1CC(c2cccc3[nH]ccc23)C2C(NNC2c2ccccc2)N1. The van der Waals surface area contributed by atoms with Crippen molar-refractivity contribution in [3.8, 4) is 0 Å². The number of amides is 1. The van der Waals surface area contributed by atoms with Crippen molar-refractivity contribution >= 4 is 16.8 Å². The molecule has 2 fully saturated rings. The van der Waals surface area contributed by atoms with Crippen LogP contribution >= 0.6 is 0 Å². The predicted molar refractivity (Wildman–Crippen MR) is 96.5 cm³/mol. The summed E-state index contributed by atoms with van der Waals surface area (Å²) in [5.74, 6) is 0.508. The number of hydrogen-bond donors (Lipinski definition) is 4. The fourth-order valence-corrected chi connectivity index (χ4v) is 4.45. The molecule has 1 aromatic heterocycles. The average molecular weight is 332 g/mol. The monoisotopic (exact) mass is 332 g/mol. The van der Waals surface area contributed by atoms with Gasteiger partial charge in [-0.05, 0) is 23.3 Å². The molecule has 0 radical (unpaired) electrons. The average Bonchev–Trinajstić information content (AvgIpc) is 3.28. The third-order valence-electron chi connectivity index (χ3n) is 5.54. The van der Waals surface area contributed by atoms with Crippen molar-refractivity contribution in [3.63, 3.8) is 0 Å². The second-order valence-electron chi connectivity index (χ2n) is 6.90. The van der Waals surface area contributed by atoms with E-state index >= 15 is 0 Å². The maximum absolute atomic E-state index is 12.3. The Morgan fingerprint density at radius 2 is 1.80 bits per heavy atom. The number of hydrazine groups is 1. The lowest BCUT2D eigenvalue weighted by Crippen LogP contribution is -2.52. The molecule has 4 atom stereocenters. The zero-order chi connectivity index (χ0) is 16.8. The Kier molecular flexibility index (Phi) is 3.36. The smallest absolute Gasteiger partial charge is 0.221 e. The van der Waals surface area contributed by atoms with E-state index in [9.17, 15) is 4.79 Å². The molecule has 2 aliphatic heterocycles. The molecule has 4 N–H and O–H groups in total. The van der Waals surface area contributed by atoms with Gasteiger partial charge in [0.1, 0.15) is 0 Å². The number of rotatable bonds is 2. The van der Waals surface area contributed by atoms with Crippen molar-refractivity contribution in [2.24, 2.45) is 5.92 Å². The molecule has 1 amide bonds. The quantitative estimate of drug-likeness (QED) is 0.583. The van der Waals surface area contributed by atoms with Gasteiger partial charge in [0, 0.05) is 35.4 Å². The lowest BCUT2D eigenvalue weighted by atomic mass is 9.74. The summed E-state index contributed by atoms with van der Waals surface area (Å²) in [6, 6.07) is 19.0. The van der Waals surface area contributed by atoms with Crippen molar-refractivity contribution in [2.75, 3.05) is 0 Å². The third kappa shape index (κ3) is 2.35. The van der Waals surface area contributed by atoms with Gasteiger partial charge in [-0.3, -0.25) is 4.79 Å². The van der Waals surface area contributed by atoms with Gasteiger partial charge in [-0.25, -0.2) is 10.9 Å². The molecule has 0 spiro atoms. The summed E-state index contributed by atoms with van der Waals surface area (Å²) in [6.45, 7) is 0. The molecular formula is C20H20N4O. The second-order valence-corrected chi connectivity index (χ2v) is 6.90. The number of aromatic amines is 1. The largest absolute Gasteiger partial charge is 0.361 e. The van der Waals surface area contributed by atoms with Crippen LogP contribution in [0.25, 0.3) is 10.9 Å². The fourth-order valence-electron chi connectivity index (χ4n) is 4.45. The molecule has 3 aromatic rings. The van der Waals surface area contributed by atoms with Gasteiger partial charge in [0.2, 0.25) is 5.91 Å². The van der Waals surface area contributed by atoms with Crippen LogP contribution in [0.15, 0.2) is 60.8 Å². The Balaban J connectivity index is 1.61. The van der Waals surface area contributed by atoms with E-state index in [1.807, 2.05) is 12.3 Å². The van der Waals surface area contributed by atoms with E-state index in [1.165, 1.54) is 16.5 Å². The van der Waals surface area contributed by atoms with E-state index in [0.29, 0.717) is 6.42 Å². The van der Waals surface area contributed by atoms with Gasteiger partial charge in [-0.1, -0.05) is 42.5 Å². The first-order valence-electron chi connectivity index (χ1n) is 8.72. The van der Waals surface area contributed by atoms with Crippen molar-refractivity contribution in [2.45, 2.75) is 24.5 Å². The summed E-state index contributed by atoms with van der Waals surface area (Å²) in [7, 11) is 0. The van der Waals surface area contributed by atoms with E-state index in [-0.39, 0.29) is 30.0 Å². The zero-order valence-electron chi connectivity index (χ0n) is 13.7. The first-order valence-corrected chi connectivity index (χ1v) is 8.72. The summed E-state index contributed by atoms with van der Waals surface area (Å²) in [5.41, 5.74) is 10.3. The highest BCUT2D eigenvalue weighted by Crippen LogP contribution is 2.44. The molecule has 126 valence electrons. The molecule has 5 nitrogen and oxygen atoms in total. The van der Waals surface area contributed by atoms with E-state index < -0.39 is 0 Å². The van der Waals surface area contributed by atoms with Crippen molar-refractivity contribution in [1.82, 2.24) is 21.2 Å². The van der Waals surface area contributed by atoms with Gasteiger partial charge in [-0.15, -0.1) is 0 Å². The van der Waals surface area contributed by atoms with Crippen LogP contribution in [0, 0.1) is 5.92 Å². The summed E-state index contributed by atoms with van der Waals surface area (Å²) in [5, 5.41) is 4.31. The van der Waals surface area contributed by atoms with Crippen molar-refractivity contribution in [3.05, 3.63) is 71.9 Å². The molecule has 2 aromatic carbocycles. The van der Waals surface area contributed by atoms with Crippen LogP contribution in [0.4, 0.5) is 0 Å². The van der Waals surface area contributed by atoms with Gasteiger partial charge in [0.25, 0.3) is 0 Å². The number of H-pyrrole nitrogens is 1. The first-order chi connectivity index (χ1) is 12.3. The highest BCUT2D eigenvalue weighted by molar-refractivity contribution is 5.85. The van der Waals surface area contributed by atoms with Crippen LogP contribution in [0.2, 0.25) is 0 Å². The van der Waals surface area contributed by atoms with Gasteiger partial charge < -0.3 is 10.3 Å². The maximum Gasteiger partial charge on any atom is 0.221 e. The number of carbonyl (C=O) groups excluding carboxylic acids is 1. The minimum atomic E-state index is -0.0642. The standard InChI is InChI=1S/C20H20N4O/c25-17-11-15(13-7-4-8-16-14(13)9-10-21-16)18-19(23-24-20(18)22-17)12-5-2-1-3-6-12/h1-10,15,18-21,23-24H,11H2,(H,22,25). The van der Waals surface area contributed by atoms with E-state index in [1.54, 1.807) is 0 Å². The Morgan fingerprint density at radius 1 is 0.920 bits per heavy atom. The van der Waals surface area contributed by atoms with Gasteiger partial charge in [0.15, 0.2) is 0 Å². The van der Waals surface area contributed by atoms with Crippen LogP contribution in [0.3, 0.4) is 0 Å². The Morgan fingerprint density at radius 3 is 2.68 bits per heavy atom. The molecule has 0 aliphatic carbocycles. The van der Waals surface area contributed by atoms with Crippen LogP contribution in [0.1, 0.15) is 29.5 Å². The van der Waals surface area contributed by atoms with E-state index in [2.05, 4.69) is 69.7 Å². The topological polar surface area (TPSA) is 69.0 Å². The van der Waals surface area contributed by atoms with E-state index in [0.717, 1.165) is 5.52 Å². The number of fused-ring (bicyclic) bond motifs is 2. The van der Waals surface area contributed by atoms with E-state index in [4.69, 9.17) is 0 Å². The van der Waals surface area contributed by atoms with Gasteiger partial charge >= 0.3 is 0 Å². The molecule has 4 unspecified atom stereocenters. The Hall–Kier alpha value is -2.63. The third-order valence-corrected chi connectivity index (χ3v) is 5.54. The highest BCUT2D eigenvalue weighted by Gasteiger charge is 2.46. The van der Waals surface area contributed by atoms with Crippen molar-refractivity contribution in [1.29, 1.82) is 0 Å². The predicted octanol–water partition coefficient (Wildman–Crippen LogP) is 2.56. The number of piperidine rings is 1. The molecule has 5 rings (SSSR count). The first kappa shape index (κ1) is 14.7. The fraction of sp³-hybridized carbons (Fsp3) is 0.250. The molecular weight excluding hydrogens is 312 g/mol. The number of benzene rings is 2. The summed E-state index contributed by atoms with van der Waals surface area (Å²) >= 11 is 0. The molecule has 3 heterocycles. The Labute approximate surface area is 145 Å². The van der Waals surface area contributed by atoms with Crippen LogP contribution in [0.5, 0.6) is 0 Å². The molecule has 0 bridgehead atoms. The lowest BCUT2D eigenvalue weighted by Gasteiger charge is -2.36. The molecule has 2 saturated heterocycles. The number of aromatic nitrogens is 1. The maximum atomic E-state index is 12.3. The summed E-state index contributed by atoms with van der Waals surface area (Å²) < 4.78 is 0. The van der Waals surface area contributed by atoms with Gasteiger partial charge in [0.05, 0.1) is 12.2 Å². The van der Waals surface area contributed by atoms with Crippen molar-refractivity contribution < 1.29 is 4.79 Å². The highest BCUT2D eigenvalue weighted by atomic mass is 16.2. The number of carbonyl (C=O) groups is 1. The zero-order valence-corrected chi connectivity index (χ0v) is 13.7. The van der Waals surface area contributed by atoms with Crippen LogP contribution in [-0.4, -0.2) is 17.1 Å². The number of nitrogens with one attached hydrogen (secondary N) is 4.